The van der Waals surface area contributed by atoms with Crippen LogP contribution in [0.1, 0.15) is 11.1 Å². The van der Waals surface area contributed by atoms with Crippen molar-refractivity contribution in [2.75, 3.05) is 12.4 Å². The molecule has 2 aromatic rings. The summed E-state index contributed by atoms with van der Waals surface area (Å²) in [4.78, 5) is 0. The predicted octanol–water partition coefficient (Wildman–Crippen LogP) is 5.06. The van der Waals surface area contributed by atoms with Crippen LogP contribution in [0.4, 0.5) is 10.1 Å². The fraction of sp³-hybridized carbons (Fsp3) is 0.200. The minimum atomic E-state index is -0.348. The second-order valence-electron chi connectivity index (χ2n) is 4.39. The summed E-state index contributed by atoms with van der Waals surface area (Å²) in [6, 6.07) is 7.99. The summed E-state index contributed by atoms with van der Waals surface area (Å²) in [6.07, 6.45) is 0. The lowest BCUT2D eigenvalue weighted by atomic mass is 10.1. The van der Waals surface area contributed by atoms with Crippen molar-refractivity contribution < 1.29 is 9.13 Å². The van der Waals surface area contributed by atoms with Crippen LogP contribution in [0.15, 0.2) is 30.3 Å². The zero-order valence-corrected chi connectivity index (χ0v) is 12.6. The molecule has 0 radical (unpaired) electrons. The Labute approximate surface area is 127 Å². The topological polar surface area (TPSA) is 21.3 Å². The number of hydrogen-bond acceptors (Lipinski definition) is 2. The average Bonchev–Trinajstić information content (AvgIpc) is 2.41. The third-order valence-corrected chi connectivity index (χ3v) is 3.72. The highest BCUT2D eigenvalue weighted by atomic mass is 35.5. The van der Waals surface area contributed by atoms with E-state index in [-0.39, 0.29) is 5.82 Å². The number of rotatable bonds is 4. The highest BCUT2D eigenvalue weighted by molar-refractivity contribution is 6.31. The number of ether oxygens (including phenoxy) is 1. The zero-order valence-electron chi connectivity index (χ0n) is 11.1. The number of nitrogens with one attached hydrogen (secondary N) is 1. The first-order valence-electron chi connectivity index (χ1n) is 6.03. The van der Waals surface area contributed by atoms with E-state index in [2.05, 4.69) is 5.32 Å². The van der Waals surface area contributed by atoms with Gasteiger partial charge in [0.05, 0.1) is 12.8 Å². The number of halogens is 3. The van der Waals surface area contributed by atoms with Crippen LogP contribution in [0.3, 0.4) is 0 Å². The molecule has 0 fully saturated rings. The van der Waals surface area contributed by atoms with E-state index < -0.39 is 0 Å². The number of anilines is 1. The third-order valence-electron chi connectivity index (χ3n) is 2.97. The molecule has 0 bridgehead atoms. The molecule has 1 N–H and O–H groups in total. The molecule has 2 nitrogen and oxygen atoms in total. The van der Waals surface area contributed by atoms with E-state index in [1.54, 1.807) is 19.2 Å². The summed E-state index contributed by atoms with van der Waals surface area (Å²) in [5, 5.41) is 4.25. The maximum absolute atomic E-state index is 13.0. The van der Waals surface area contributed by atoms with Crippen molar-refractivity contribution in [2.45, 2.75) is 13.5 Å². The molecule has 0 aliphatic carbocycles. The molecule has 0 heterocycles. The van der Waals surface area contributed by atoms with Gasteiger partial charge in [-0.1, -0.05) is 29.3 Å². The van der Waals surface area contributed by atoms with Gasteiger partial charge in [0, 0.05) is 22.7 Å². The van der Waals surface area contributed by atoms with Crippen molar-refractivity contribution in [3.05, 3.63) is 57.3 Å². The van der Waals surface area contributed by atoms with Crippen LogP contribution in [0.2, 0.25) is 10.0 Å². The quantitative estimate of drug-likeness (QED) is 0.851. The van der Waals surface area contributed by atoms with Crippen molar-refractivity contribution >= 4 is 28.9 Å². The second kappa shape index (κ2) is 6.33. The molecule has 0 aromatic heterocycles. The minimum absolute atomic E-state index is 0.348. The Hall–Kier alpha value is -1.45. The molecule has 0 amide bonds. The summed E-state index contributed by atoms with van der Waals surface area (Å²) in [5.41, 5.74) is 2.57. The van der Waals surface area contributed by atoms with Gasteiger partial charge < -0.3 is 10.1 Å². The van der Waals surface area contributed by atoms with E-state index in [1.807, 2.05) is 13.0 Å². The smallest absolute Gasteiger partial charge is 0.143 e. The molecule has 2 rings (SSSR count). The Morgan fingerprint density at radius 2 is 1.90 bits per heavy atom. The van der Waals surface area contributed by atoms with Crippen molar-refractivity contribution in [1.29, 1.82) is 0 Å². The van der Waals surface area contributed by atoms with Gasteiger partial charge in [-0.2, -0.15) is 0 Å². The standard InChI is InChI=1S/C15H14Cl2FNO/c1-9-5-14(15(20-2)7-12(9)16)19-8-10-3-4-11(18)6-13(10)17/h3-7,19H,8H2,1-2H3. The Morgan fingerprint density at radius 3 is 2.55 bits per heavy atom. The summed E-state index contributed by atoms with van der Waals surface area (Å²) in [5.74, 6) is 0.303. The first-order chi connectivity index (χ1) is 9.51. The van der Waals surface area contributed by atoms with Gasteiger partial charge in [-0.05, 0) is 36.2 Å². The SMILES string of the molecule is COc1cc(Cl)c(C)cc1NCc1ccc(F)cc1Cl. The number of methoxy groups -OCH3 is 1. The third kappa shape index (κ3) is 3.35. The van der Waals surface area contributed by atoms with Crippen LogP contribution in [-0.4, -0.2) is 7.11 Å². The van der Waals surface area contributed by atoms with Gasteiger partial charge in [-0.25, -0.2) is 4.39 Å². The van der Waals surface area contributed by atoms with E-state index in [4.69, 9.17) is 27.9 Å². The van der Waals surface area contributed by atoms with E-state index in [0.717, 1.165) is 16.8 Å². The molecule has 0 spiro atoms. The summed E-state index contributed by atoms with van der Waals surface area (Å²) in [7, 11) is 1.58. The molecule has 5 heteroatoms. The van der Waals surface area contributed by atoms with Crippen LogP contribution < -0.4 is 10.1 Å². The average molecular weight is 314 g/mol. The van der Waals surface area contributed by atoms with Crippen molar-refractivity contribution in [1.82, 2.24) is 0 Å². The van der Waals surface area contributed by atoms with E-state index in [1.165, 1.54) is 12.1 Å². The molecule has 0 saturated heterocycles. The number of benzene rings is 2. The molecular weight excluding hydrogens is 300 g/mol. The van der Waals surface area contributed by atoms with Gasteiger partial charge >= 0.3 is 0 Å². The molecule has 0 aliphatic rings. The Bertz CT molecular complexity index is 632. The maximum Gasteiger partial charge on any atom is 0.143 e. The lowest BCUT2D eigenvalue weighted by Gasteiger charge is -2.14. The van der Waals surface area contributed by atoms with Crippen molar-refractivity contribution in [3.63, 3.8) is 0 Å². The van der Waals surface area contributed by atoms with Crippen LogP contribution in [0, 0.1) is 12.7 Å². The van der Waals surface area contributed by atoms with Gasteiger partial charge in [0.25, 0.3) is 0 Å². The van der Waals surface area contributed by atoms with Crippen LogP contribution >= 0.6 is 23.2 Å². The molecule has 20 heavy (non-hydrogen) atoms. The highest BCUT2D eigenvalue weighted by Gasteiger charge is 2.08. The van der Waals surface area contributed by atoms with Crippen LogP contribution in [0.5, 0.6) is 5.75 Å². The van der Waals surface area contributed by atoms with Gasteiger partial charge in [0.15, 0.2) is 0 Å². The molecule has 106 valence electrons. The zero-order chi connectivity index (χ0) is 14.7. The fourth-order valence-corrected chi connectivity index (χ4v) is 2.21. The second-order valence-corrected chi connectivity index (χ2v) is 5.21. The number of hydrogen-bond donors (Lipinski definition) is 1. The lowest BCUT2D eigenvalue weighted by molar-refractivity contribution is 0.416. The lowest BCUT2D eigenvalue weighted by Crippen LogP contribution is -2.02. The maximum atomic E-state index is 13.0. The molecule has 2 aromatic carbocycles. The van der Waals surface area contributed by atoms with Crippen LogP contribution in [-0.2, 0) is 6.54 Å². The summed E-state index contributed by atoms with van der Waals surface area (Å²) < 4.78 is 18.3. The fourth-order valence-electron chi connectivity index (χ4n) is 1.83. The molecule has 0 saturated carbocycles. The van der Waals surface area contributed by atoms with Gasteiger partial charge in [-0.3, -0.25) is 0 Å². The normalized spacial score (nSPS) is 10.4. The largest absolute Gasteiger partial charge is 0.495 e. The van der Waals surface area contributed by atoms with Crippen molar-refractivity contribution in [2.24, 2.45) is 0 Å². The summed E-state index contributed by atoms with van der Waals surface area (Å²) >= 11 is 12.0. The minimum Gasteiger partial charge on any atom is -0.495 e. The Kier molecular flexibility index (Phi) is 4.73. The van der Waals surface area contributed by atoms with E-state index in [9.17, 15) is 4.39 Å². The predicted molar refractivity (Wildman–Crippen MR) is 81.5 cm³/mol. The molecule has 0 unspecified atom stereocenters. The highest BCUT2D eigenvalue weighted by Crippen LogP contribution is 2.31. The summed E-state index contributed by atoms with van der Waals surface area (Å²) in [6.45, 7) is 2.38. The molecular formula is C15H14Cl2FNO. The van der Waals surface area contributed by atoms with Crippen LogP contribution in [0.25, 0.3) is 0 Å². The van der Waals surface area contributed by atoms with Crippen molar-refractivity contribution in [3.8, 4) is 5.75 Å². The first kappa shape index (κ1) is 14.9. The van der Waals surface area contributed by atoms with Gasteiger partial charge in [0.2, 0.25) is 0 Å². The first-order valence-corrected chi connectivity index (χ1v) is 6.79. The molecule has 0 aliphatic heterocycles. The Morgan fingerprint density at radius 1 is 1.15 bits per heavy atom. The Balaban J connectivity index is 2.20. The van der Waals surface area contributed by atoms with E-state index >= 15 is 0 Å². The van der Waals surface area contributed by atoms with Gasteiger partial charge in [-0.15, -0.1) is 0 Å². The number of aryl methyl sites for hydroxylation is 1. The molecule has 0 atom stereocenters. The monoisotopic (exact) mass is 313 g/mol. The van der Waals surface area contributed by atoms with E-state index in [0.29, 0.717) is 22.3 Å². The van der Waals surface area contributed by atoms with Gasteiger partial charge in [0.1, 0.15) is 11.6 Å².